The van der Waals surface area contributed by atoms with Crippen molar-refractivity contribution in [1.82, 2.24) is 14.8 Å². The maximum absolute atomic E-state index is 13.5. The van der Waals surface area contributed by atoms with E-state index in [4.69, 9.17) is 4.74 Å². The van der Waals surface area contributed by atoms with E-state index in [2.05, 4.69) is 35.6 Å². The number of fused-ring (bicyclic) bond motifs is 1. The molecule has 0 saturated carbocycles. The molecule has 3 atom stereocenters. The van der Waals surface area contributed by atoms with Crippen molar-refractivity contribution in [3.05, 3.63) is 59.0 Å². The highest BCUT2D eigenvalue weighted by Crippen LogP contribution is 2.27. The SMILES string of the molecule is CC(C)CC#Cc1cnc2c(c1)C(=O)N([C@H](C)CO)C[C@H](C)[C@H](CN(C)Cc1ccc(F)cc1)O2. The molecule has 0 fully saturated rings. The summed E-state index contributed by atoms with van der Waals surface area (Å²) in [4.78, 5) is 21.8. The number of carbonyl (C=O) groups excluding carboxylic acids is 1. The monoisotopic (exact) mass is 481 g/mol. The van der Waals surface area contributed by atoms with Crippen molar-refractivity contribution >= 4 is 5.91 Å². The van der Waals surface area contributed by atoms with Crippen LogP contribution in [0.15, 0.2) is 36.5 Å². The summed E-state index contributed by atoms with van der Waals surface area (Å²) in [6.07, 6.45) is 2.16. The van der Waals surface area contributed by atoms with Crippen LogP contribution in [0, 0.1) is 29.5 Å². The summed E-state index contributed by atoms with van der Waals surface area (Å²) in [5.74, 6) is 6.50. The van der Waals surface area contributed by atoms with E-state index in [1.54, 1.807) is 29.3 Å². The minimum absolute atomic E-state index is 0.0101. The lowest BCUT2D eigenvalue weighted by molar-refractivity contribution is 0.0325. The molecule has 1 amide bonds. The van der Waals surface area contributed by atoms with Crippen LogP contribution in [0.5, 0.6) is 5.88 Å². The van der Waals surface area contributed by atoms with Gasteiger partial charge < -0.3 is 14.7 Å². The van der Waals surface area contributed by atoms with Crippen molar-refractivity contribution in [2.75, 3.05) is 26.7 Å². The van der Waals surface area contributed by atoms with Gasteiger partial charge in [-0.2, -0.15) is 0 Å². The number of ether oxygens (including phenoxy) is 1. The number of likely N-dealkylation sites (N-methyl/N-ethyl adjacent to an activating group) is 1. The van der Waals surface area contributed by atoms with E-state index >= 15 is 0 Å². The Morgan fingerprint density at radius 1 is 1.29 bits per heavy atom. The first-order valence-electron chi connectivity index (χ1n) is 12.2. The van der Waals surface area contributed by atoms with E-state index in [0.29, 0.717) is 36.7 Å². The van der Waals surface area contributed by atoms with Crippen LogP contribution in [-0.2, 0) is 6.54 Å². The normalized spacial score (nSPS) is 18.9. The Bertz CT molecular complexity index is 1060. The van der Waals surface area contributed by atoms with Crippen LogP contribution in [0.2, 0.25) is 0 Å². The zero-order chi connectivity index (χ0) is 25.5. The topological polar surface area (TPSA) is 65.9 Å². The van der Waals surface area contributed by atoms with Gasteiger partial charge in [0.1, 0.15) is 17.5 Å². The number of aliphatic hydroxyl groups is 1. The minimum atomic E-state index is -0.343. The number of amides is 1. The van der Waals surface area contributed by atoms with Gasteiger partial charge in [0, 0.05) is 43.7 Å². The van der Waals surface area contributed by atoms with Gasteiger partial charge in [-0.25, -0.2) is 9.37 Å². The molecule has 2 heterocycles. The van der Waals surface area contributed by atoms with Crippen LogP contribution in [0.25, 0.3) is 0 Å². The molecule has 6 nitrogen and oxygen atoms in total. The fourth-order valence-electron chi connectivity index (χ4n) is 4.02. The van der Waals surface area contributed by atoms with E-state index in [9.17, 15) is 14.3 Å². The maximum atomic E-state index is 13.5. The molecule has 1 aliphatic heterocycles. The smallest absolute Gasteiger partial charge is 0.259 e. The molecule has 0 unspecified atom stereocenters. The largest absolute Gasteiger partial charge is 0.472 e. The molecule has 1 aromatic carbocycles. The first-order valence-corrected chi connectivity index (χ1v) is 12.2. The highest BCUT2D eigenvalue weighted by atomic mass is 19.1. The van der Waals surface area contributed by atoms with Crippen LogP contribution >= 0.6 is 0 Å². The average Bonchev–Trinajstić information content (AvgIpc) is 2.82. The molecule has 1 aliphatic rings. The summed E-state index contributed by atoms with van der Waals surface area (Å²) in [5.41, 5.74) is 2.03. The Labute approximate surface area is 208 Å². The first kappa shape index (κ1) is 26.7. The van der Waals surface area contributed by atoms with Gasteiger partial charge >= 0.3 is 0 Å². The molecule has 0 radical (unpaired) electrons. The van der Waals surface area contributed by atoms with E-state index in [1.165, 1.54) is 12.1 Å². The number of benzene rings is 1. The maximum Gasteiger partial charge on any atom is 0.259 e. The van der Waals surface area contributed by atoms with Gasteiger partial charge in [-0.3, -0.25) is 9.69 Å². The summed E-state index contributed by atoms with van der Waals surface area (Å²) in [7, 11) is 1.99. The highest BCUT2D eigenvalue weighted by molar-refractivity contribution is 5.97. The number of carbonyl (C=O) groups is 1. The molecule has 3 rings (SSSR count). The summed E-state index contributed by atoms with van der Waals surface area (Å²) in [6, 6.07) is 7.86. The van der Waals surface area contributed by atoms with Crippen molar-refractivity contribution in [1.29, 1.82) is 0 Å². The lowest BCUT2D eigenvalue weighted by atomic mass is 9.99. The summed E-state index contributed by atoms with van der Waals surface area (Å²) in [5, 5.41) is 9.82. The third kappa shape index (κ3) is 7.27. The Hall–Kier alpha value is -2.95. The molecule has 2 aromatic rings. The number of pyridine rings is 1. The van der Waals surface area contributed by atoms with Gasteiger partial charge in [0.05, 0.1) is 12.6 Å². The van der Waals surface area contributed by atoms with Gasteiger partial charge in [0.15, 0.2) is 0 Å². The second-order valence-corrected chi connectivity index (χ2v) is 9.92. The van der Waals surface area contributed by atoms with Crippen LogP contribution in [0.3, 0.4) is 0 Å². The van der Waals surface area contributed by atoms with Crippen LogP contribution in [0.1, 0.15) is 55.6 Å². The number of hydrogen-bond donors (Lipinski definition) is 1. The molecule has 0 saturated heterocycles. The Morgan fingerprint density at radius 3 is 2.66 bits per heavy atom. The molecule has 0 aliphatic carbocycles. The zero-order valence-corrected chi connectivity index (χ0v) is 21.3. The molecule has 0 spiro atoms. The quantitative estimate of drug-likeness (QED) is 0.607. The van der Waals surface area contributed by atoms with Crippen molar-refractivity contribution < 1.29 is 19.0 Å². The number of aromatic nitrogens is 1. The van der Waals surface area contributed by atoms with Gasteiger partial charge in [-0.1, -0.05) is 44.7 Å². The Morgan fingerprint density at radius 2 is 2.00 bits per heavy atom. The summed E-state index contributed by atoms with van der Waals surface area (Å²) < 4.78 is 19.6. The predicted octanol–water partition coefficient (Wildman–Crippen LogP) is 3.97. The average molecular weight is 482 g/mol. The molecular weight excluding hydrogens is 445 g/mol. The standard InChI is InChI=1S/C28H36FN3O3/c1-19(2)7-6-8-23-13-25-27(30-14-23)35-26(20(3)15-32(28(25)34)21(4)18-33)17-31(5)16-22-9-11-24(29)12-10-22/h9-14,19-21,26,33H,7,15-18H2,1-5H3/t20-,21+,26-/m0/s1. The van der Waals surface area contributed by atoms with Crippen molar-refractivity contribution in [3.8, 4) is 17.7 Å². The number of nitrogens with zero attached hydrogens (tertiary/aromatic N) is 3. The summed E-state index contributed by atoms with van der Waals surface area (Å²) >= 11 is 0. The Balaban J connectivity index is 1.88. The third-order valence-electron chi connectivity index (χ3n) is 6.12. The molecule has 188 valence electrons. The number of hydrogen-bond acceptors (Lipinski definition) is 5. The zero-order valence-electron chi connectivity index (χ0n) is 21.3. The number of rotatable bonds is 7. The number of halogens is 1. The predicted molar refractivity (Wildman–Crippen MR) is 134 cm³/mol. The molecule has 7 heteroatoms. The van der Waals surface area contributed by atoms with Gasteiger partial charge in [0.25, 0.3) is 5.91 Å². The fraction of sp³-hybridized carbons (Fsp3) is 0.500. The van der Waals surface area contributed by atoms with Crippen LogP contribution in [0.4, 0.5) is 4.39 Å². The summed E-state index contributed by atoms with van der Waals surface area (Å²) in [6.45, 7) is 9.61. The third-order valence-corrected chi connectivity index (χ3v) is 6.12. The van der Waals surface area contributed by atoms with Crippen LogP contribution < -0.4 is 4.74 Å². The number of aliphatic hydroxyl groups excluding tert-OH is 1. The highest BCUT2D eigenvalue weighted by Gasteiger charge is 2.34. The molecular formula is C28H36FN3O3. The van der Waals surface area contributed by atoms with Gasteiger partial charge in [-0.15, -0.1) is 0 Å². The van der Waals surface area contributed by atoms with Crippen molar-refractivity contribution in [2.24, 2.45) is 11.8 Å². The molecule has 0 bridgehead atoms. The lowest BCUT2D eigenvalue weighted by Crippen LogP contribution is -2.49. The second-order valence-electron chi connectivity index (χ2n) is 9.92. The van der Waals surface area contributed by atoms with E-state index in [1.807, 2.05) is 20.9 Å². The van der Waals surface area contributed by atoms with Crippen molar-refractivity contribution in [3.63, 3.8) is 0 Å². The van der Waals surface area contributed by atoms with Gasteiger partial charge in [-0.05, 0) is 43.7 Å². The molecule has 1 N–H and O–H groups in total. The van der Waals surface area contributed by atoms with Crippen molar-refractivity contribution in [2.45, 2.75) is 52.8 Å². The minimum Gasteiger partial charge on any atom is -0.472 e. The van der Waals surface area contributed by atoms with E-state index in [-0.39, 0.29) is 42.3 Å². The molecule has 1 aromatic heterocycles. The lowest BCUT2D eigenvalue weighted by Gasteiger charge is -2.37. The van der Waals surface area contributed by atoms with E-state index in [0.717, 1.165) is 12.0 Å². The van der Waals surface area contributed by atoms with E-state index < -0.39 is 0 Å². The van der Waals surface area contributed by atoms with Crippen LogP contribution in [-0.4, -0.2) is 64.7 Å². The first-order chi connectivity index (χ1) is 16.7. The van der Waals surface area contributed by atoms with Gasteiger partial charge in [0.2, 0.25) is 5.88 Å². The second kappa shape index (κ2) is 12.1. The molecule has 35 heavy (non-hydrogen) atoms. The fourth-order valence-corrected chi connectivity index (χ4v) is 4.02. The Kier molecular flexibility index (Phi) is 9.25.